The molecule has 2 fully saturated rings. The number of aromatic nitrogens is 4. The van der Waals surface area contributed by atoms with E-state index < -0.39 is 5.60 Å². The predicted octanol–water partition coefficient (Wildman–Crippen LogP) is 6.95. The summed E-state index contributed by atoms with van der Waals surface area (Å²) in [6.45, 7) is 10.2. The number of nitrogens with zero attached hydrogens (tertiary/aromatic N) is 6. The monoisotopic (exact) mass is 615 g/mol. The minimum Gasteiger partial charge on any atom is -0.444 e. The van der Waals surface area contributed by atoms with Gasteiger partial charge in [0.1, 0.15) is 16.9 Å². The van der Waals surface area contributed by atoms with E-state index in [0.717, 1.165) is 85.7 Å². The molecule has 1 atom stereocenters. The van der Waals surface area contributed by atoms with E-state index in [1.54, 1.807) is 6.20 Å². The van der Waals surface area contributed by atoms with Gasteiger partial charge in [0.25, 0.3) is 0 Å². The summed E-state index contributed by atoms with van der Waals surface area (Å²) in [7, 11) is 0. The van der Waals surface area contributed by atoms with Crippen LogP contribution in [0.25, 0.3) is 39.5 Å². The normalized spacial score (nSPS) is 18.8. The summed E-state index contributed by atoms with van der Waals surface area (Å²) >= 11 is 0. The molecule has 46 heavy (non-hydrogen) atoms. The van der Waals surface area contributed by atoms with Gasteiger partial charge in [-0.05, 0) is 88.5 Å². The van der Waals surface area contributed by atoms with E-state index >= 15 is 0 Å². The highest BCUT2D eigenvalue weighted by molar-refractivity contribution is 5.84. The highest BCUT2D eigenvalue weighted by Gasteiger charge is 2.43. The highest BCUT2D eigenvalue weighted by Crippen LogP contribution is 2.40. The van der Waals surface area contributed by atoms with Crippen molar-refractivity contribution in [1.82, 2.24) is 29.3 Å². The first kappa shape index (κ1) is 29.9. The van der Waals surface area contributed by atoms with E-state index in [0.29, 0.717) is 11.6 Å². The maximum atomic E-state index is 12.8. The molecule has 0 aliphatic carbocycles. The molecule has 2 aromatic carbocycles. The molecule has 1 spiro atoms. The van der Waals surface area contributed by atoms with Gasteiger partial charge in [-0.15, -0.1) is 0 Å². The molecule has 2 N–H and O–H groups in total. The number of benzene rings is 2. The second-order valence-corrected chi connectivity index (χ2v) is 13.7. The van der Waals surface area contributed by atoms with Gasteiger partial charge in [-0.25, -0.2) is 19.7 Å². The number of imidazole rings is 1. The van der Waals surface area contributed by atoms with Gasteiger partial charge in [-0.2, -0.15) is 0 Å². The molecule has 2 aliphatic heterocycles. The number of likely N-dealkylation sites (tertiary alicyclic amines) is 2. The van der Waals surface area contributed by atoms with Crippen molar-refractivity contribution in [3.8, 4) is 28.3 Å². The van der Waals surface area contributed by atoms with Crippen LogP contribution in [0, 0.1) is 5.41 Å². The van der Waals surface area contributed by atoms with Crippen LogP contribution in [0.15, 0.2) is 85.1 Å². The molecule has 5 heterocycles. The molecule has 9 nitrogen and oxygen atoms in total. The molecule has 0 radical (unpaired) electrons. The van der Waals surface area contributed by atoms with Crippen LogP contribution < -0.4 is 5.73 Å². The Morgan fingerprint density at radius 1 is 0.913 bits per heavy atom. The lowest BCUT2D eigenvalue weighted by Crippen LogP contribution is -2.48. The van der Waals surface area contributed by atoms with E-state index in [2.05, 4.69) is 50.8 Å². The largest absolute Gasteiger partial charge is 0.444 e. The summed E-state index contributed by atoms with van der Waals surface area (Å²) < 4.78 is 7.78. The van der Waals surface area contributed by atoms with Gasteiger partial charge in [0, 0.05) is 49.0 Å². The maximum Gasteiger partial charge on any atom is 0.410 e. The van der Waals surface area contributed by atoms with Crippen molar-refractivity contribution in [3.63, 3.8) is 0 Å². The van der Waals surface area contributed by atoms with Crippen LogP contribution in [0.4, 0.5) is 10.6 Å². The fourth-order valence-corrected chi connectivity index (χ4v) is 6.95. The average molecular weight is 616 g/mol. The number of carbonyl (C=O) groups excluding carboxylic acids is 1. The Hall–Kier alpha value is -4.76. The molecule has 5 aromatic rings. The minimum absolute atomic E-state index is 0.130. The lowest BCUT2D eigenvalue weighted by Gasteiger charge is -2.40. The number of rotatable bonds is 5. The fourth-order valence-electron chi connectivity index (χ4n) is 6.95. The standard InChI is InChI=1S/C37H41N7O2/c1-36(2,3)46-35(45)43-21-8-18-37(25-43)19-22-42(24-37)23-26-12-14-28(15-13-26)44-33(29-11-7-20-39-32(29)38)41-31-17-16-30(40-34(31)44)27-9-5-4-6-10-27/h4-7,9-17,20H,8,18-19,21-25H2,1-3H3,(H2,38,39). The van der Waals surface area contributed by atoms with Gasteiger partial charge >= 0.3 is 6.09 Å². The zero-order valence-electron chi connectivity index (χ0n) is 26.8. The number of nitrogen functional groups attached to an aromatic ring is 1. The summed E-state index contributed by atoms with van der Waals surface area (Å²) in [6, 6.07) is 26.7. The number of pyridine rings is 2. The molecule has 236 valence electrons. The summed E-state index contributed by atoms with van der Waals surface area (Å²) in [6.07, 6.45) is 4.76. The van der Waals surface area contributed by atoms with E-state index in [1.807, 2.05) is 68.1 Å². The molecular weight excluding hydrogens is 574 g/mol. The Labute approximate surface area is 270 Å². The maximum absolute atomic E-state index is 12.8. The van der Waals surface area contributed by atoms with E-state index in [9.17, 15) is 4.79 Å². The summed E-state index contributed by atoms with van der Waals surface area (Å²) in [5.41, 5.74) is 12.4. The number of ether oxygens (including phenoxy) is 1. The molecule has 1 unspecified atom stereocenters. The van der Waals surface area contributed by atoms with Crippen LogP contribution in [0.3, 0.4) is 0 Å². The Morgan fingerprint density at radius 2 is 1.72 bits per heavy atom. The number of hydrogen-bond acceptors (Lipinski definition) is 7. The molecule has 0 saturated carbocycles. The molecule has 2 aliphatic rings. The summed E-state index contributed by atoms with van der Waals surface area (Å²) in [4.78, 5) is 31.7. The Bertz CT molecular complexity index is 1860. The Morgan fingerprint density at radius 3 is 2.48 bits per heavy atom. The van der Waals surface area contributed by atoms with Crippen LogP contribution in [0.5, 0.6) is 0 Å². The molecule has 2 saturated heterocycles. The topological polar surface area (TPSA) is 102 Å². The third-order valence-electron chi connectivity index (χ3n) is 9.08. The van der Waals surface area contributed by atoms with Gasteiger partial charge in [-0.1, -0.05) is 42.5 Å². The molecule has 1 amide bonds. The Balaban J connectivity index is 1.14. The Kier molecular flexibility index (Phi) is 7.72. The first-order valence-electron chi connectivity index (χ1n) is 16.1. The lowest BCUT2D eigenvalue weighted by molar-refractivity contribution is 0.00532. The van der Waals surface area contributed by atoms with Gasteiger partial charge in [0.05, 0.1) is 11.3 Å². The average Bonchev–Trinajstić information content (AvgIpc) is 3.61. The first-order valence-corrected chi connectivity index (χ1v) is 16.1. The van der Waals surface area contributed by atoms with Gasteiger partial charge < -0.3 is 15.4 Å². The molecule has 3 aromatic heterocycles. The van der Waals surface area contributed by atoms with Crippen molar-refractivity contribution >= 4 is 23.1 Å². The van der Waals surface area contributed by atoms with Crippen molar-refractivity contribution in [1.29, 1.82) is 0 Å². The number of piperidine rings is 1. The SMILES string of the molecule is CC(C)(C)OC(=O)N1CCCC2(CCN(Cc3ccc(-n4c(-c5cccnc5N)nc5ccc(-c6ccccc6)nc54)cc3)C2)C1. The van der Waals surface area contributed by atoms with Gasteiger partial charge in [0.15, 0.2) is 11.5 Å². The zero-order chi connectivity index (χ0) is 31.9. The number of fused-ring (bicyclic) bond motifs is 1. The van der Waals surface area contributed by atoms with Gasteiger partial charge in [-0.3, -0.25) is 9.47 Å². The predicted molar refractivity (Wildman–Crippen MR) is 181 cm³/mol. The minimum atomic E-state index is -0.482. The third kappa shape index (κ3) is 6.07. The van der Waals surface area contributed by atoms with Crippen molar-refractivity contribution in [2.24, 2.45) is 5.41 Å². The van der Waals surface area contributed by atoms with Crippen LogP contribution in [-0.4, -0.2) is 67.2 Å². The van der Waals surface area contributed by atoms with Gasteiger partial charge in [0.2, 0.25) is 0 Å². The number of carbonyl (C=O) groups is 1. The van der Waals surface area contributed by atoms with E-state index in [4.69, 9.17) is 20.4 Å². The number of nitrogens with two attached hydrogens (primary N) is 1. The molecular formula is C37H41N7O2. The summed E-state index contributed by atoms with van der Waals surface area (Å²) in [5, 5.41) is 0. The number of amides is 1. The van der Waals surface area contributed by atoms with E-state index in [-0.39, 0.29) is 11.5 Å². The zero-order valence-corrected chi connectivity index (χ0v) is 26.8. The smallest absolute Gasteiger partial charge is 0.410 e. The second kappa shape index (κ2) is 11.9. The first-order chi connectivity index (χ1) is 22.2. The quantitative estimate of drug-likeness (QED) is 0.228. The molecule has 9 heteroatoms. The van der Waals surface area contributed by atoms with E-state index in [1.165, 1.54) is 5.56 Å². The highest BCUT2D eigenvalue weighted by atomic mass is 16.6. The van der Waals surface area contributed by atoms with Crippen LogP contribution >= 0.6 is 0 Å². The molecule has 7 rings (SSSR count). The summed E-state index contributed by atoms with van der Waals surface area (Å²) in [5.74, 6) is 1.13. The number of anilines is 1. The fraction of sp³-hybridized carbons (Fsp3) is 0.351. The molecule has 0 bridgehead atoms. The number of hydrogen-bond donors (Lipinski definition) is 1. The van der Waals surface area contributed by atoms with Crippen molar-refractivity contribution < 1.29 is 9.53 Å². The third-order valence-corrected chi connectivity index (χ3v) is 9.08. The second-order valence-electron chi connectivity index (χ2n) is 13.7. The van der Waals surface area contributed by atoms with Crippen LogP contribution in [0.2, 0.25) is 0 Å². The van der Waals surface area contributed by atoms with Crippen molar-refractivity contribution in [3.05, 3.63) is 90.6 Å². The van der Waals surface area contributed by atoms with Crippen LogP contribution in [0.1, 0.15) is 45.6 Å². The van der Waals surface area contributed by atoms with Crippen LogP contribution in [-0.2, 0) is 11.3 Å². The van der Waals surface area contributed by atoms with Crippen molar-refractivity contribution in [2.75, 3.05) is 31.9 Å². The van der Waals surface area contributed by atoms with Crippen molar-refractivity contribution in [2.45, 2.75) is 52.2 Å². The lowest BCUT2D eigenvalue weighted by atomic mass is 9.79.